The SMILES string of the molecule is C[C@H](NC(=O)c1ccc2c(c1)c1c(C(=O)O[O][Bi])cccc1c(=O)n2-c1ccc(C(F)(F)F)cc1)c1ccccn1. The second kappa shape index (κ2) is 11.4. The number of hydrogen-bond donors (Lipinski definition) is 1. The van der Waals surface area contributed by atoms with Crippen molar-refractivity contribution in [3.8, 4) is 5.69 Å². The predicted molar refractivity (Wildman–Crippen MR) is 144 cm³/mol. The number of carbonyl (C=O) groups is 2. The topological polar surface area (TPSA) is 99.5 Å². The van der Waals surface area contributed by atoms with Crippen LogP contribution in [-0.2, 0) is 14.0 Å². The van der Waals surface area contributed by atoms with Gasteiger partial charge in [-0.1, -0.05) is 6.07 Å². The Balaban J connectivity index is 1.73. The van der Waals surface area contributed by atoms with E-state index in [2.05, 4.69) is 13.3 Å². The van der Waals surface area contributed by atoms with Gasteiger partial charge in [-0.25, -0.2) is 0 Å². The summed E-state index contributed by atoms with van der Waals surface area (Å²) < 4.78 is 45.5. The minimum absolute atomic E-state index is 0.0228. The fourth-order valence-electron chi connectivity index (χ4n) is 4.61. The first-order valence-corrected chi connectivity index (χ1v) is 13.6. The molecule has 0 fully saturated rings. The molecule has 2 heterocycles. The number of fused-ring (bicyclic) bond motifs is 3. The van der Waals surface area contributed by atoms with Crippen LogP contribution >= 0.6 is 0 Å². The molecule has 0 saturated heterocycles. The fraction of sp³-hybridized carbons (Fsp3) is 0.103. The predicted octanol–water partition coefficient (Wildman–Crippen LogP) is 5.22. The number of pyridine rings is 2. The zero-order valence-electron chi connectivity index (χ0n) is 21.2. The van der Waals surface area contributed by atoms with Gasteiger partial charge in [-0.15, -0.1) is 0 Å². The number of aromatic nitrogens is 2. The van der Waals surface area contributed by atoms with E-state index in [1.54, 1.807) is 31.3 Å². The molecule has 2 aromatic heterocycles. The van der Waals surface area contributed by atoms with Crippen LogP contribution in [0.2, 0.25) is 0 Å². The van der Waals surface area contributed by atoms with Gasteiger partial charge >= 0.3 is 204 Å². The van der Waals surface area contributed by atoms with Crippen molar-refractivity contribution in [1.82, 2.24) is 14.9 Å². The van der Waals surface area contributed by atoms with Gasteiger partial charge in [-0.3, -0.25) is 4.98 Å². The Bertz CT molecular complexity index is 1840. The van der Waals surface area contributed by atoms with E-state index in [1.807, 2.05) is 0 Å². The van der Waals surface area contributed by atoms with E-state index in [4.69, 9.17) is 4.89 Å². The van der Waals surface area contributed by atoms with E-state index in [0.717, 1.165) is 12.1 Å². The maximum atomic E-state index is 13.8. The van der Waals surface area contributed by atoms with Crippen molar-refractivity contribution in [2.24, 2.45) is 0 Å². The van der Waals surface area contributed by atoms with Gasteiger partial charge in [0.2, 0.25) is 0 Å². The first kappa shape index (κ1) is 28.4. The normalized spacial score (nSPS) is 12.3. The second-order valence-electron chi connectivity index (χ2n) is 9.04. The quantitative estimate of drug-likeness (QED) is 0.111. The number of rotatable bonds is 6. The van der Waals surface area contributed by atoms with Gasteiger partial charge in [0, 0.05) is 6.20 Å². The van der Waals surface area contributed by atoms with Gasteiger partial charge in [-0.05, 0) is 12.1 Å². The monoisotopic (exact) mass is 755 g/mol. The summed E-state index contributed by atoms with van der Waals surface area (Å²) in [6.45, 7) is 1.78. The first-order valence-electron chi connectivity index (χ1n) is 12.1. The molecular weight excluding hydrogens is 736 g/mol. The Morgan fingerprint density at radius 3 is 2.39 bits per heavy atom. The molecular formula is C29H19BiF3N3O5. The zero-order chi connectivity index (χ0) is 29.3. The van der Waals surface area contributed by atoms with Gasteiger partial charge in [0.1, 0.15) is 0 Å². The molecule has 206 valence electrons. The average molecular weight is 755 g/mol. The molecule has 3 aromatic carbocycles. The summed E-state index contributed by atoms with van der Waals surface area (Å²) in [6.07, 6.45) is -2.94. The van der Waals surface area contributed by atoms with Crippen LogP contribution in [0.1, 0.15) is 44.9 Å². The van der Waals surface area contributed by atoms with Crippen molar-refractivity contribution in [2.75, 3.05) is 0 Å². The second-order valence-corrected chi connectivity index (χ2v) is 9.62. The van der Waals surface area contributed by atoms with E-state index in [-0.39, 0.29) is 33.1 Å². The minimum Gasteiger partial charge on any atom is -0.259 e. The van der Waals surface area contributed by atoms with Gasteiger partial charge in [-0.2, -0.15) is 13.2 Å². The number of amides is 1. The van der Waals surface area contributed by atoms with Crippen LogP contribution in [0, 0.1) is 0 Å². The van der Waals surface area contributed by atoms with E-state index in [9.17, 15) is 27.6 Å². The standard InChI is InChI=1S/C29H20F3N3O5.Bi/c1-16(23-7-2-3-14-33-23)34-26(36)17-8-13-24-22(15-17)25-20(5-4-6-21(25)28(38)40-39)27(37)35(24)19-11-9-18(10-12-19)29(30,31)32;/h2-16,39H,1H3,(H,34,36);/q;+1/p-1/t16-;/m0./s1. The van der Waals surface area contributed by atoms with E-state index in [1.165, 1.54) is 53.1 Å². The molecule has 2 radical (unpaired) electrons. The Labute approximate surface area is 246 Å². The van der Waals surface area contributed by atoms with Crippen LogP contribution < -0.4 is 10.9 Å². The summed E-state index contributed by atoms with van der Waals surface area (Å²) in [6, 6.07) is 18.0. The van der Waals surface area contributed by atoms with Gasteiger partial charge in [0.05, 0.1) is 0 Å². The number of carbonyl (C=O) groups excluding carboxylic acids is 2. The molecule has 8 nitrogen and oxygen atoms in total. The molecule has 0 spiro atoms. The molecule has 41 heavy (non-hydrogen) atoms. The molecule has 0 saturated carbocycles. The van der Waals surface area contributed by atoms with Crippen LogP contribution in [0.3, 0.4) is 0 Å². The van der Waals surface area contributed by atoms with E-state index < -0.39 is 35.2 Å². The fourth-order valence-corrected chi connectivity index (χ4v) is 4.88. The minimum atomic E-state index is -4.55. The first-order chi connectivity index (χ1) is 19.6. The number of nitrogens with one attached hydrogen (secondary N) is 1. The molecule has 5 rings (SSSR count). The summed E-state index contributed by atoms with van der Waals surface area (Å²) in [5.74, 6) is -1.28. The smallest absolute Gasteiger partial charge is 0.259 e. The Morgan fingerprint density at radius 1 is 0.976 bits per heavy atom. The molecule has 0 bridgehead atoms. The van der Waals surface area contributed by atoms with Gasteiger partial charge in [0.25, 0.3) is 0 Å². The summed E-state index contributed by atoms with van der Waals surface area (Å²) in [5, 5.41) is 3.51. The van der Waals surface area contributed by atoms with Gasteiger partial charge < -0.3 is 0 Å². The number of hydrogen-bond acceptors (Lipinski definition) is 6. The molecule has 5 aromatic rings. The van der Waals surface area contributed by atoms with Crippen LogP contribution in [0.25, 0.3) is 27.4 Å². The molecule has 0 unspecified atom stereocenters. The molecule has 0 aliphatic carbocycles. The average Bonchev–Trinajstić information content (AvgIpc) is 2.97. The molecule has 12 heteroatoms. The Kier molecular flexibility index (Phi) is 7.88. The third-order valence-corrected chi connectivity index (χ3v) is 6.82. The number of alkyl halides is 3. The third-order valence-electron chi connectivity index (χ3n) is 6.53. The van der Waals surface area contributed by atoms with Crippen molar-refractivity contribution in [3.05, 3.63) is 118 Å². The summed E-state index contributed by atoms with van der Waals surface area (Å²) in [5.41, 5.74) is -0.113. The third kappa shape index (κ3) is 5.57. The van der Waals surface area contributed by atoms with E-state index in [0.29, 0.717) is 36.2 Å². The molecule has 1 N–H and O–H groups in total. The van der Waals surface area contributed by atoms with Crippen molar-refractivity contribution >= 4 is 58.7 Å². The van der Waals surface area contributed by atoms with Crippen molar-refractivity contribution in [1.29, 1.82) is 0 Å². The van der Waals surface area contributed by atoms with Crippen LogP contribution in [-0.4, -0.2) is 46.6 Å². The summed E-state index contributed by atoms with van der Waals surface area (Å²) in [7, 11) is 0. The Hall–Kier alpha value is -4.15. The summed E-state index contributed by atoms with van der Waals surface area (Å²) in [4.78, 5) is 48.8. The number of benzene rings is 3. The summed E-state index contributed by atoms with van der Waals surface area (Å²) >= 11 is 0.323. The van der Waals surface area contributed by atoms with Crippen LogP contribution in [0.15, 0.2) is 89.9 Å². The van der Waals surface area contributed by atoms with Crippen molar-refractivity contribution in [3.63, 3.8) is 0 Å². The number of nitrogens with zero attached hydrogens (tertiary/aromatic N) is 2. The molecule has 0 aliphatic rings. The van der Waals surface area contributed by atoms with Gasteiger partial charge in [0.15, 0.2) is 0 Å². The Morgan fingerprint density at radius 2 is 1.73 bits per heavy atom. The van der Waals surface area contributed by atoms with Crippen LogP contribution in [0.4, 0.5) is 13.2 Å². The van der Waals surface area contributed by atoms with Crippen LogP contribution in [0.5, 0.6) is 0 Å². The number of halogens is 3. The van der Waals surface area contributed by atoms with Crippen molar-refractivity contribution < 1.29 is 30.6 Å². The van der Waals surface area contributed by atoms with E-state index >= 15 is 0 Å². The van der Waals surface area contributed by atoms with Crippen molar-refractivity contribution in [2.45, 2.75) is 19.1 Å². The molecule has 1 atom stereocenters. The zero-order valence-corrected chi connectivity index (χ0v) is 24.7. The molecule has 0 aliphatic heterocycles. The maximum absolute atomic E-state index is 13.8. The molecule has 1 amide bonds.